The van der Waals surface area contributed by atoms with Gasteiger partial charge in [-0.15, -0.1) is 0 Å². The second-order valence-electron chi connectivity index (χ2n) is 7.73. The van der Waals surface area contributed by atoms with Gasteiger partial charge in [-0.1, -0.05) is 35.4 Å². The molecule has 0 aliphatic rings. The Hall–Kier alpha value is -1.16. The molecule has 0 atom stereocenters. The Kier molecular flexibility index (Phi) is 11.9. The molecule has 2 aromatic rings. The third-order valence-electron chi connectivity index (χ3n) is 4.50. The van der Waals surface area contributed by atoms with E-state index in [4.69, 9.17) is 34.9 Å². The fourth-order valence-electron chi connectivity index (χ4n) is 3.49. The molecule has 2 aromatic carbocycles. The SMILES string of the molecule is CC(COCC(C)=Nc1c(C)cc(C)cc1C)=Nc1c(C)cc(C)cc1C.[Cl][Fe][Cl]. The first kappa shape index (κ1) is 26.9. The van der Waals surface area contributed by atoms with Crippen LogP contribution in [0.15, 0.2) is 34.3 Å². The molecule has 0 heterocycles. The molecule has 0 bridgehead atoms. The summed E-state index contributed by atoms with van der Waals surface area (Å²) < 4.78 is 5.85. The molecule has 30 heavy (non-hydrogen) atoms. The number of aliphatic imine (C=N–C) groups is 2. The van der Waals surface area contributed by atoms with Crippen LogP contribution < -0.4 is 0 Å². The quantitative estimate of drug-likeness (QED) is 0.300. The van der Waals surface area contributed by atoms with E-state index < -0.39 is 0 Å². The first-order valence-corrected chi connectivity index (χ1v) is 12.8. The van der Waals surface area contributed by atoms with Crippen LogP contribution in [0.25, 0.3) is 0 Å². The van der Waals surface area contributed by atoms with Crippen molar-refractivity contribution in [2.75, 3.05) is 13.2 Å². The number of aryl methyl sites for hydroxylation is 6. The molecular formula is C24H32Cl2FeN2O. The first-order chi connectivity index (χ1) is 14.1. The van der Waals surface area contributed by atoms with E-state index >= 15 is 0 Å². The van der Waals surface area contributed by atoms with E-state index in [1.54, 1.807) is 0 Å². The molecule has 0 fully saturated rings. The minimum atomic E-state index is 0.194. The van der Waals surface area contributed by atoms with Gasteiger partial charge in [-0.05, 0) is 77.6 Å². The van der Waals surface area contributed by atoms with Crippen LogP contribution in [0, 0.1) is 41.5 Å². The summed E-state index contributed by atoms with van der Waals surface area (Å²) in [5, 5.41) is 0. The molecule has 0 unspecified atom stereocenters. The van der Waals surface area contributed by atoms with Gasteiger partial charge in [0.1, 0.15) is 0 Å². The molecule has 0 aromatic heterocycles. The summed E-state index contributed by atoms with van der Waals surface area (Å²) in [6.45, 7) is 17.7. The predicted molar refractivity (Wildman–Crippen MR) is 129 cm³/mol. The second kappa shape index (κ2) is 13.3. The summed E-state index contributed by atoms with van der Waals surface area (Å²) in [6.07, 6.45) is 0. The maximum atomic E-state index is 5.85. The number of hydrogen-bond donors (Lipinski definition) is 0. The molecule has 0 radical (unpaired) electrons. The molecule has 0 N–H and O–H groups in total. The van der Waals surface area contributed by atoms with Crippen molar-refractivity contribution in [3.8, 4) is 0 Å². The monoisotopic (exact) mass is 490 g/mol. The van der Waals surface area contributed by atoms with Crippen LogP contribution in [0.2, 0.25) is 0 Å². The molecule has 0 amide bonds. The van der Waals surface area contributed by atoms with Gasteiger partial charge in [0.15, 0.2) is 0 Å². The Bertz CT molecular complexity index is 804. The normalized spacial score (nSPS) is 12.1. The van der Waals surface area contributed by atoms with E-state index in [2.05, 4.69) is 65.8 Å². The minimum absolute atomic E-state index is 0.194. The first-order valence-electron chi connectivity index (χ1n) is 9.76. The molecule has 0 spiro atoms. The third kappa shape index (κ3) is 8.91. The fourth-order valence-corrected chi connectivity index (χ4v) is 3.49. The van der Waals surface area contributed by atoms with Gasteiger partial charge in [-0.2, -0.15) is 0 Å². The Morgan fingerprint density at radius 3 is 1.23 bits per heavy atom. The molecule has 0 aliphatic heterocycles. The molecule has 3 nitrogen and oxygen atoms in total. The number of rotatable bonds is 6. The van der Waals surface area contributed by atoms with Crippen molar-refractivity contribution in [1.82, 2.24) is 0 Å². The Labute approximate surface area is 196 Å². The zero-order chi connectivity index (χ0) is 22.8. The van der Waals surface area contributed by atoms with Crippen LogP contribution in [0.3, 0.4) is 0 Å². The molecule has 2 rings (SSSR count). The van der Waals surface area contributed by atoms with E-state index in [0.717, 1.165) is 22.8 Å². The topological polar surface area (TPSA) is 34.0 Å². The molecular weight excluding hydrogens is 459 g/mol. The number of halogens is 2. The van der Waals surface area contributed by atoms with Gasteiger partial charge in [0.05, 0.1) is 24.6 Å². The van der Waals surface area contributed by atoms with E-state index in [1.807, 2.05) is 13.8 Å². The third-order valence-corrected chi connectivity index (χ3v) is 4.50. The van der Waals surface area contributed by atoms with Crippen molar-refractivity contribution in [2.24, 2.45) is 9.98 Å². The Morgan fingerprint density at radius 2 is 0.967 bits per heavy atom. The van der Waals surface area contributed by atoms with Gasteiger partial charge in [0, 0.05) is 11.4 Å². The van der Waals surface area contributed by atoms with Crippen LogP contribution in [0.4, 0.5) is 11.4 Å². The zero-order valence-electron chi connectivity index (χ0n) is 19.1. The van der Waals surface area contributed by atoms with Gasteiger partial charge in [0.25, 0.3) is 0 Å². The number of benzene rings is 2. The predicted octanol–water partition coefficient (Wildman–Crippen LogP) is 7.82. The fraction of sp³-hybridized carbons (Fsp3) is 0.417. The van der Waals surface area contributed by atoms with Crippen molar-refractivity contribution in [1.29, 1.82) is 0 Å². The number of ether oxygens (including phenoxy) is 1. The van der Waals surface area contributed by atoms with Crippen molar-refractivity contribution in [3.63, 3.8) is 0 Å². The van der Waals surface area contributed by atoms with Gasteiger partial charge in [-0.3, -0.25) is 9.98 Å². The zero-order valence-corrected chi connectivity index (χ0v) is 21.8. The molecule has 166 valence electrons. The van der Waals surface area contributed by atoms with Crippen LogP contribution in [-0.2, 0) is 17.9 Å². The van der Waals surface area contributed by atoms with Gasteiger partial charge in [-0.25, -0.2) is 0 Å². The maximum absolute atomic E-state index is 5.85. The van der Waals surface area contributed by atoms with Crippen LogP contribution >= 0.6 is 20.2 Å². The van der Waals surface area contributed by atoms with Crippen molar-refractivity contribution in [3.05, 3.63) is 57.6 Å². The van der Waals surface area contributed by atoms with Crippen LogP contribution in [0.5, 0.6) is 0 Å². The van der Waals surface area contributed by atoms with Gasteiger partial charge in [0.2, 0.25) is 0 Å². The summed E-state index contributed by atoms with van der Waals surface area (Å²) in [6, 6.07) is 8.68. The summed E-state index contributed by atoms with van der Waals surface area (Å²) in [5.74, 6) is 0. The van der Waals surface area contributed by atoms with E-state index in [1.165, 1.54) is 33.4 Å². The Balaban J connectivity index is 0.00000141. The van der Waals surface area contributed by atoms with Crippen molar-refractivity contribution in [2.45, 2.75) is 55.4 Å². The standard InChI is InChI=1S/C24H32N2O.2ClH.Fe/c1-15-9-17(3)23(18(4)10-15)25-21(7)13-27-14-22(8)26-24-19(5)11-16(2)12-20(24)6;;;/h9-12H,13-14H2,1-8H3;2*1H;/q;;;+2/p-2. The van der Waals surface area contributed by atoms with Crippen LogP contribution in [0.1, 0.15) is 47.2 Å². The molecule has 0 saturated carbocycles. The Morgan fingerprint density at radius 1 is 0.700 bits per heavy atom. The summed E-state index contributed by atoms with van der Waals surface area (Å²) in [4.78, 5) is 9.54. The average molecular weight is 491 g/mol. The summed E-state index contributed by atoms with van der Waals surface area (Å²) in [7, 11) is 9.53. The number of hydrogen-bond acceptors (Lipinski definition) is 3. The molecule has 0 saturated heterocycles. The summed E-state index contributed by atoms with van der Waals surface area (Å²) >= 11 is 0.194. The van der Waals surface area contributed by atoms with Crippen LogP contribution in [-0.4, -0.2) is 24.6 Å². The van der Waals surface area contributed by atoms with E-state index in [-0.39, 0.29) is 13.1 Å². The van der Waals surface area contributed by atoms with Gasteiger partial charge < -0.3 is 4.74 Å². The van der Waals surface area contributed by atoms with Crippen molar-refractivity contribution < 1.29 is 17.9 Å². The van der Waals surface area contributed by atoms with E-state index in [0.29, 0.717) is 13.2 Å². The second-order valence-corrected chi connectivity index (χ2v) is 9.56. The molecule has 6 heteroatoms. The van der Waals surface area contributed by atoms with E-state index in [9.17, 15) is 0 Å². The summed E-state index contributed by atoms with van der Waals surface area (Å²) in [5.41, 5.74) is 11.4. The van der Waals surface area contributed by atoms with Gasteiger partial charge >= 0.3 is 33.3 Å². The molecule has 0 aliphatic carbocycles. The van der Waals surface area contributed by atoms with Crippen molar-refractivity contribution >= 4 is 43.0 Å². The average Bonchev–Trinajstić information content (AvgIpc) is 2.62. The number of nitrogens with zero attached hydrogens (tertiary/aromatic N) is 2.